The van der Waals surface area contributed by atoms with Crippen molar-refractivity contribution >= 4 is 0 Å². The fourth-order valence-corrected chi connectivity index (χ4v) is 2.59. The van der Waals surface area contributed by atoms with Gasteiger partial charge in [-0.2, -0.15) is 0 Å². The lowest BCUT2D eigenvalue weighted by Gasteiger charge is -2.34. The van der Waals surface area contributed by atoms with E-state index in [0.717, 1.165) is 38.1 Å². The average molecular weight is 248 g/mol. The van der Waals surface area contributed by atoms with Crippen LogP contribution in [0.2, 0.25) is 0 Å². The van der Waals surface area contributed by atoms with Crippen molar-refractivity contribution in [3.05, 3.63) is 29.8 Å². The smallest absolute Gasteiger partial charge is 0.118 e. The molecule has 0 aliphatic carbocycles. The molecule has 1 saturated heterocycles. The molecule has 1 aliphatic rings. The van der Waals surface area contributed by atoms with Crippen LogP contribution in [-0.2, 0) is 6.42 Å². The lowest BCUT2D eigenvalue weighted by atomic mass is 10.0. The summed E-state index contributed by atoms with van der Waals surface area (Å²) in [6.45, 7) is 4.58. The van der Waals surface area contributed by atoms with Gasteiger partial charge in [-0.15, -0.1) is 0 Å². The van der Waals surface area contributed by atoms with Gasteiger partial charge in [0.2, 0.25) is 0 Å². The molecule has 18 heavy (non-hydrogen) atoms. The molecule has 0 bridgehead atoms. The number of nitrogens with two attached hydrogens (primary N) is 1. The molecule has 1 aromatic carbocycles. The number of benzene rings is 1. The van der Waals surface area contributed by atoms with Crippen molar-refractivity contribution in [3.8, 4) is 5.75 Å². The lowest BCUT2D eigenvalue weighted by molar-refractivity contribution is 0.162. The van der Waals surface area contributed by atoms with Crippen LogP contribution in [0.4, 0.5) is 0 Å². The number of nitrogens with zero attached hydrogens (tertiary/aromatic N) is 1. The molecule has 1 fully saturated rings. The predicted molar refractivity (Wildman–Crippen MR) is 74.9 cm³/mol. The van der Waals surface area contributed by atoms with Gasteiger partial charge < -0.3 is 15.4 Å². The molecule has 100 valence electrons. The third-order valence-corrected chi connectivity index (χ3v) is 3.89. The molecule has 1 atom stereocenters. The van der Waals surface area contributed by atoms with Gasteiger partial charge in [0.15, 0.2) is 0 Å². The first-order chi connectivity index (χ1) is 8.69. The van der Waals surface area contributed by atoms with Crippen LogP contribution in [0.15, 0.2) is 24.3 Å². The maximum atomic E-state index is 5.94. The number of likely N-dealkylation sites (tertiary alicyclic amines) is 1. The summed E-state index contributed by atoms with van der Waals surface area (Å²) in [6, 6.07) is 9.39. The molecule has 0 radical (unpaired) electrons. The van der Waals surface area contributed by atoms with E-state index in [2.05, 4.69) is 24.0 Å². The van der Waals surface area contributed by atoms with Crippen LogP contribution < -0.4 is 10.5 Å². The average Bonchev–Trinajstić information content (AvgIpc) is 2.40. The monoisotopic (exact) mass is 248 g/mol. The van der Waals surface area contributed by atoms with Crippen LogP contribution in [0.5, 0.6) is 5.75 Å². The number of rotatable bonds is 4. The Morgan fingerprint density at radius 2 is 1.89 bits per heavy atom. The van der Waals surface area contributed by atoms with E-state index >= 15 is 0 Å². The SMILES string of the molecule is COc1ccc(CC(C)N2CCC(N)CC2)cc1. The van der Waals surface area contributed by atoms with Crippen molar-refractivity contribution < 1.29 is 4.74 Å². The van der Waals surface area contributed by atoms with Crippen molar-refractivity contribution in [1.82, 2.24) is 4.90 Å². The summed E-state index contributed by atoms with van der Waals surface area (Å²) in [5.74, 6) is 0.926. The molecule has 1 aliphatic heterocycles. The van der Waals surface area contributed by atoms with Gasteiger partial charge in [-0.1, -0.05) is 12.1 Å². The van der Waals surface area contributed by atoms with E-state index in [9.17, 15) is 0 Å². The van der Waals surface area contributed by atoms with Crippen molar-refractivity contribution in [2.45, 2.75) is 38.3 Å². The highest BCUT2D eigenvalue weighted by atomic mass is 16.5. The fourth-order valence-electron chi connectivity index (χ4n) is 2.59. The molecule has 0 saturated carbocycles. The zero-order valence-electron chi connectivity index (χ0n) is 11.4. The third kappa shape index (κ3) is 3.47. The summed E-state index contributed by atoms with van der Waals surface area (Å²) in [4.78, 5) is 2.55. The Balaban J connectivity index is 1.87. The summed E-state index contributed by atoms with van der Waals surface area (Å²) in [7, 11) is 1.70. The van der Waals surface area contributed by atoms with E-state index < -0.39 is 0 Å². The van der Waals surface area contributed by atoms with E-state index in [-0.39, 0.29) is 0 Å². The molecule has 0 amide bonds. The normalized spacial score (nSPS) is 19.7. The second-order valence-corrected chi connectivity index (χ2v) is 5.27. The first-order valence-electron chi connectivity index (χ1n) is 6.81. The van der Waals surface area contributed by atoms with Crippen molar-refractivity contribution in [2.24, 2.45) is 5.73 Å². The Morgan fingerprint density at radius 1 is 1.28 bits per heavy atom. The summed E-state index contributed by atoms with van der Waals surface area (Å²) < 4.78 is 5.18. The number of hydrogen-bond acceptors (Lipinski definition) is 3. The first kappa shape index (κ1) is 13.4. The summed E-state index contributed by atoms with van der Waals surface area (Å²) in [5, 5.41) is 0. The van der Waals surface area contributed by atoms with E-state index in [1.165, 1.54) is 5.56 Å². The molecule has 2 N–H and O–H groups in total. The van der Waals surface area contributed by atoms with Gasteiger partial charge in [0.25, 0.3) is 0 Å². The second-order valence-electron chi connectivity index (χ2n) is 5.27. The van der Waals surface area contributed by atoms with Crippen LogP contribution in [-0.4, -0.2) is 37.2 Å². The van der Waals surface area contributed by atoms with Crippen LogP contribution >= 0.6 is 0 Å². The highest BCUT2D eigenvalue weighted by Gasteiger charge is 2.20. The zero-order valence-corrected chi connectivity index (χ0v) is 11.4. The standard InChI is InChI=1S/C15H24N2O/c1-12(17-9-7-14(16)8-10-17)11-13-3-5-15(18-2)6-4-13/h3-6,12,14H,7-11,16H2,1-2H3. The van der Waals surface area contributed by atoms with E-state index in [1.54, 1.807) is 7.11 Å². The van der Waals surface area contributed by atoms with Crippen molar-refractivity contribution in [1.29, 1.82) is 0 Å². The molecular formula is C15H24N2O. The van der Waals surface area contributed by atoms with Crippen LogP contribution in [0.25, 0.3) is 0 Å². The molecule has 2 rings (SSSR count). The highest BCUT2D eigenvalue weighted by molar-refractivity contribution is 5.27. The maximum absolute atomic E-state index is 5.94. The first-order valence-corrected chi connectivity index (χ1v) is 6.81. The van der Waals surface area contributed by atoms with Crippen molar-refractivity contribution in [3.63, 3.8) is 0 Å². The number of methoxy groups -OCH3 is 1. The minimum absolute atomic E-state index is 0.412. The number of hydrogen-bond donors (Lipinski definition) is 1. The van der Waals surface area contributed by atoms with Crippen molar-refractivity contribution in [2.75, 3.05) is 20.2 Å². The fraction of sp³-hybridized carbons (Fsp3) is 0.600. The van der Waals surface area contributed by atoms with Gasteiger partial charge >= 0.3 is 0 Å². The Bertz CT molecular complexity index is 355. The minimum atomic E-state index is 0.412. The van der Waals surface area contributed by atoms with Crippen LogP contribution in [0.1, 0.15) is 25.3 Å². The summed E-state index contributed by atoms with van der Waals surface area (Å²) >= 11 is 0. The number of piperidine rings is 1. The van der Waals surface area contributed by atoms with E-state index in [4.69, 9.17) is 10.5 Å². The molecule has 0 aromatic heterocycles. The second kappa shape index (κ2) is 6.21. The molecule has 1 heterocycles. The third-order valence-electron chi connectivity index (χ3n) is 3.89. The van der Waals surface area contributed by atoms with E-state index in [1.807, 2.05) is 12.1 Å². The van der Waals surface area contributed by atoms with Gasteiger partial charge in [0.05, 0.1) is 7.11 Å². The Morgan fingerprint density at radius 3 is 2.44 bits per heavy atom. The Hall–Kier alpha value is -1.06. The lowest BCUT2D eigenvalue weighted by Crippen LogP contribution is -2.44. The molecular weight excluding hydrogens is 224 g/mol. The topological polar surface area (TPSA) is 38.5 Å². The van der Waals surface area contributed by atoms with E-state index in [0.29, 0.717) is 12.1 Å². The van der Waals surface area contributed by atoms with Crippen LogP contribution in [0, 0.1) is 0 Å². The number of ether oxygens (including phenoxy) is 1. The largest absolute Gasteiger partial charge is 0.497 e. The molecule has 0 spiro atoms. The van der Waals surface area contributed by atoms with Gasteiger partial charge in [-0.3, -0.25) is 0 Å². The highest BCUT2D eigenvalue weighted by Crippen LogP contribution is 2.17. The van der Waals surface area contributed by atoms with Gasteiger partial charge in [0.1, 0.15) is 5.75 Å². The van der Waals surface area contributed by atoms with Gasteiger partial charge in [0, 0.05) is 12.1 Å². The molecule has 1 aromatic rings. The minimum Gasteiger partial charge on any atom is -0.497 e. The van der Waals surface area contributed by atoms with Crippen LogP contribution in [0.3, 0.4) is 0 Å². The summed E-state index contributed by atoms with van der Waals surface area (Å²) in [6.07, 6.45) is 3.36. The molecule has 1 unspecified atom stereocenters. The predicted octanol–water partition coefficient (Wildman–Crippen LogP) is 2.05. The van der Waals surface area contributed by atoms with Gasteiger partial charge in [-0.05, 0) is 57.0 Å². The Labute approximate surface area is 110 Å². The maximum Gasteiger partial charge on any atom is 0.118 e. The molecule has 3 heteroatoms. The Kier molecular flexibility index (Phi) is 4.61. The quantitative estimate of drug-likeness (QED) is 0.886. The zero-order chi connectivity index (χ0) is 13.0. The van der Waals surface area contributed by atoms with Gasteiger partial charge in [-0.25, -0.2) is 0 Å². The molecule has 3 nitrogen and oxygen atoms in total. The summed E-state index contributed by atoms with van der Waals surface area (Å²) in [5.41, 5.74) is 7.31.